The van der Waals surface area contributed by atoms with E-state index in [9.17, 15) is 9.59 Å². The molecule has 0 spiro atoms. The number of furan rings is 1. The Labute approximate surface area is 128 Å². The molecule has 1 heterocycles. The summed E-state index contributed by atoms with van der Waals surface area (Å²) in [5, 5.41) is 12.4. The van der Waals surface area contributed by atoms with Gasteiger partial charge in [0.2, 0.25) is 0 Å². The molecule has 6 heteroatoms. The van der Waals surface area contributed by atoms with Gasteiger partial charge in [-0.25, -0.2) is 4.79 Å². The predicted molar refractivity (Wildman–Crippen MR) is 80.7 cm³/mol. The van der Waals surface area contributed by atoms with Crippen LogP contribution in [0.1, 0.15) is 35.9 Å². The molecular formula is C16H19NO5. The predicted octanol–water partition coefficient (Wildman–Crippen LogP) is 2.56. The quantitative estimate of drug-likeness (QED) is 0.820. The summed E-state index contributed by atoms with van der Waals surface area (Å²) in [4.78, 5) is 23.5. The van der Waals surface area contributed by atoms with Crippen LogP contribution in [0.3, 0.4) is 0 Å². The molecule has 1 aromatic carbocycles. The van der Waals surface area contributed by atoms with Gasteiger partial charge in [-0.1, -0.05) is 31.5 Å². The van der Waals surface area contributed by atoms with Crippen molar-refractivity contribution in [3.63, 3.8) is 0 Å². The molecule has 1 amide bonds. The van der Waals surface area contributed by atoms with Crippen molar-refractivity contribution < 1.29 is 23.8 Å². The van der Waals surface area contributed by atoms with Crippen molar-refractivity contribution in [1.82, 2.24) is 5.32 Å². The first-order valence-electron chi connectivity index (χ1n) is 7.11. The van der Waals surface area contributed by atoms with Gasteiger partial charge in [0.05, 0.1) is 6.61 Å². The molecule has 1 aromatic heterocycles. The number of nitrogens with one attached hydrogen (secondary N) is 1. The third kappa shape index (κ3) is 3.28. The smallest absolute Gasteiger partial charge is 0.326 e. The summed E-state index contributed by atoms with van der Waals surface area (Å²) in [6, 6.07) is 6.31. The van der Waals surface area contributed by atoms with Gasteiger partial charge in [-0.3, -0.25) is 4.79 Å². The van der Waals surface area contributed by atoms with Crippen molar-refractivity contribution in [2.75, 3.05) is 7.11 Å². The number of amides is 1. The van der Waals surface area contributed by atoms with E-state index in [1.807, 2.05) is 19.1 Å². The molecule has 0 radical (unpaired) electrons. The van der Waals surface area contributed by atoms with Crippen LogP contribution in [0.25, 0.3) is 11.0 Å². The highest BCUT2D eigenvalue weighted by Crippen LogP contribution is 2.26. The van der Waals surface area contributed by atoms with Crippen LogP contribution < -0.4 is 5.32 Å². The number of ether oxygens (including phenoxy) is 1. The van der Waals surface area contributed by atoms with E-state index in [1.54, 1.807) is 12.1 Å². The number of carbonyl (C=O) groups excluding carboxylic acids is 1. The van der Waals surface area contributed by atoms with Crippen LogP contribution in [0, 0.1) is 0 Å². The van der Waals surface area contributed by atoms with Gasteiger partial charge in [0.15, 0.2) is 5.76 Å². The molecule has 0 aliphatic rings. The lowest BCUT2D eigenvalue weighted by Gasteiger charge is -2.12. The summed E-state index contributed by atoms with van der Waals surface area (Å²) in [6.45, 7) is 2.07. The van der Waals surface area contributed by atoms with E-state index >= 15 is 0 Å². The SMILES string of the molecule is CCCC(NC(=O)c1oc2ccccc2c1COC)C(=O)O. The van der Waals surface area contributed by atoms with Crippen LogP contribution in [0.4, 0.5) is 0 Å². The average Bonchev–Trinajstić information content (AvgIpc) is 2.86. The Hall–Kier alpha value is -2.34. The van der Waals surface area contributed by atoms with E-state index in [1.165, 1.54) is 7.11 Å². The Morgan fingerprint density at radius 2 is 2.09 bits per heavy atom. The van der Waals surface area contributed by atoms with E-state index in [0.717, 1.165) is 5.39 Å². The van der Waals surface area contributed by atoms with Crippen LogP contribution in [-0.2, 0) is 16.1 Å². The maximum Gasteiger partial charge on any atom is 0.326 e. The molecule has 2 aromatic rings. The number of carboxylic acid groups (broad SMARTS) is 1. The molecule has 6 nitrogen and oxygen atoms in total. The number of hydrogen-bond acceptors (Lipinski definition) is 4. The second kappa shape index (κ2) is 7.09. The van der Waals surface area contributed by atoms with Gasteiger partial charge < -0.3 is 19.6 Å². The lowest BCUT2D eigenvalue weighted by atomic mass is 10.1. The van der Waals surface area contributed by atoms with Crippen molar-refractivity contribution in [2.24, 2.45) is 0 Å². The van der Waals surface area contributed by atoms with Crippen LogP contribution >= 0.6 is 0 Å². The molecule has 2 rings (SSSR count). The first kappa shape index (κ1) is 16.0. The maximum absolute atomic E-state index is 12.4. The Morgan fingerprint density at radius 1 is 1.36 bits per heavy atom. The van der Waals surface area contributed by atoms with Gasteiger partial charge in [-0.2, -0.15) is 0 Å². The third-order valence-corrected chi connectivity index (χ3v) is 3.37. The zero-order valence-corrected chi connectivity index (χ0v) is 12.6. The highest BCUT2D eigenvalue weighted by molar-refractivity contribution is 6.00. The number of fused-ring (bicyclic) bond motifs is 1. The summed E-state index contributed by atoms with van der Waals surface area (Å²) >= 11 is 0. The zero-order valence-electron chi connectivity index (χ0n) is 12.6. The number of aliphatic carboxylic acids is 1. The fourth-order valence-corrected chi connectivity index (χ4v) is 2.34. The average molecular weight is 305 g/mol. The monoisotopic (exact) mass is 305 g/mol. The van der Waals surface area contributed by atoms with Crippen LogP contribution in [-0.4, -0.2) is 30.1 Å². The van der Waals surface area contributed by atoms with E-state index in [2.05, 4.69) is 5.32 Å². The van der Waals surface area contributed by atoms with Crippen molar-refractivity contribution in [3.05, 3.63) is 35.6 Å². The minimum atomic E-state index is -1.06. The van der Waals surface area contributed by atoms with Crippen LogP contribution in [0.2, 0.25) is 0 Å². The Balaban J connectivity index is 2.34. The largest absolute Gasteiger partial charge is 0.480 e. The number of carboxylic acids is 1. The van der Waals surface area contributed by atoms with Gasteiger partial charge in [0.1, 0.15) is 11.6 Å². The Morgan fingerprint density at radius 3 is 2.73 bits per heavy atom. The lowest BCUT2D eigenvalue weighted by Crippen LogP contribution is -2.40. The Bertz CT molecular complexity index is 676. The molecule has 0 bridgehead atoms. The molecule has 0 aliphatic heterocycles. The summed E-state index contributed by atoms with van der Waals surface area (Å²) in [7, 11) is 1.53. The molecule has 2 N–H and O–H groups in total. The number of methoxy groups -OCH3 is 1. The Kier molecular flexibility index (Phi) is 5.16. The molecule has 1 unspecified atom stereocenters. The van der Waals surface area contributed by atoms with E-state index < -0.39 is 17.9 Å². The van der Waals surface area contributed by atoms with Crippen molar-refractivity contribution in [1.29, 1.82) is 0 Å². The number of para-hydroxylation sites is 1. The lowest BCUT2D eigenvalue weighted by molar-refractivity contribution is -0.139. The molecule has 0 fully saturated rings. The van der Waals surface area contributed by atoms with Crippen LogP contribution in [0.15, 0.2) is 28.7 Å². The number of rotatable bonds is 7. The summed E-state index contributed by atoms with van der Waals surface area (Å²) < 4.78 is 10.7. The molecule has 118 valence electrons. The van der Waals surface area contributed by atoms with E-state index in [-0.39, 0.29) is 12.4 Å². The van der Waals surface area contributed by atoms with Crippen molar-refractivity contribution in [2.45, 2.75) is 32.4 Å². The number of carbonyl (C=O) groups is 2. The maximum atomic E-state index is 12.4. The van der Waals surface area contributed by atoms with Gasteiger partial charge in [-0.05, 0) is 12.5 Å². The van der Waals surface area contributed by atoms with Crippen molar-refractivity contribution in [3.8, 4) is 0 Å². The summed E-state index contributed by atoms with van der Waals surface area (Å²) in [5.41, 5.74) is 1.19. The van der Waals surface area contributed by atoms with Gasteiger partial charge >= 0.3 is 5.97 Å². The molecule has 22 heavy (non-hydrogen) atoms. The minimum Gasteiger partial charge on any atom is -0.480 e. The number of benzene rings is 1. The first-order valence-corrected chi connectivity index (χ1v) is 7.11. The van der Waals surface area contributed by atoms with Gasteiger partial charge in [-0.15, -0.1) is 0 Å². The third-order valence-electron chi connectivity index (χ3n) is 3.37. The second-order valence-corrected chi connectivity index (χ2v) is 4.99. The minimum absolute atomic E-state index is 0.102. The van der Waals surface area contributed by atoms with E-state index in [0.29, 0.717) is 24.0 Å². The summed E-state index contributed by atoms with van der Waals surface area (Å²) in [5.74, 6) is -1.49. The molecule has 0 aliphatic carbocycles. The summed E-state index contributed by atoms with van der Waals surface area (Å²) in [6.07, 6.45) is 1.02. The van der Waals surface area contributed by atoms with Crippen LogP contribution in [0.5, 0.6) is 0 Å². The first-order chi connectivity index (χ1) is 10.6. The highest BCUT2D eigenvalue weighted by Gasteiger charge is 2.25. The van der Waals surface area contributed by atoms with E-state index in [4.69, 9.17) is 14.3 Å². The van der Waals surface area contributed by atoms with Gasteiger partial charge in [0, 0.05) is 18.1 Å². The number of hydrogen-bond donors (Lipinski definition) is 2. The molecular weight excluding hydrogens is 286 g/mol. The normalized spacial score (nSPS) is 12.3. The zero-order chi connectivity index (χ0) is 16.1. The topological polar surface area (TPSA) is 88.8 Å². The standard InChI is InChI=1S/C16H19NO5/c1-3-6-12(16(19)20)17-15(18)14-11(9-21-2)10-7-4-5-8-13(10)22-14/h4-5,7-8,12H,3,6,9H2,1-2H3,(H,17,18)(H,19,20). The molecule has 0 saturated carbocycles. The fourth-order valence-electron chi connectivity index (χ4n) is 2.34. The molecule has 0 saturated heterocycles. The highest BCUT2D eigenvalue weighted by atomic mass is 16.5. The van der Waals surface area contributed by atoms with Crippen molar-refractivity contribution >= 4 is 22.8 Å². The van der Waals surface area contributed by atoms with Gasteiger partial charge in [0.25, 0.3) is 5.91 Å². The second-order valence-electron chi connectivity index (χ2n) is 4.99. The molecule has 1 atom stereocenters. The fraction of sp³-hybridized carbons (Fsp3) is 0.375.